The quantitative estimate of drug-likeness (QED) is 0.662. The number of ether oxygens (including phenoxy) is 1. The Morgan fingerprint density at radius 3 is 2.11 bits per heavy atom. The summed E-state index contributed by atoms with van der Waals surface area (Å²) in [4.78, 5) is 13.7. The third-order valence-corrected chi connectivity index (χ3v) is 4.95. The minimum Gasteiger partial charge on any atom is -0.450 e. The average molecular weight is 243 g/mol. The maximum Gasteiger partial charge on any atom is 0.410 e. The molecule has 18 heavy (non-hydrogen) atoms. The Morgan fingerprint density at radius 2 is 1.61 bits per heavy atom. The van der Waals surface area contributed by atoms with Gasteiger partial charge in [-0.25, -0.2) is 4.79 Å². The molecule has 3 heteroatoms. The molecule has 3 nitrogen and oxygen atoms in total. The molecule has 2 saturated carbocycles. The van der Waals surface area contributed by atoms with E-state index in [1.54, 1.807) is 0 Å². The van der Waals surface area contributed by atoms with Crippen LogP contribution in [0.3, 0.4) is 0 Å². The van der Waals surface area contributed by atoms with Crippen molar-refractivity contribution in [3.05, 3.63) is 36.5 Å². The number of allylic oxidation sites excluding steroid dienone is 6. The first-order valence-electron chi connectivity index (χ1n) is 6.81. The molecule has 6 atom stereocenters. The minimum absolute atomic E-state index is 0.111. The predicted octanol–water partition coefficient (Wildman–Crippen LogP) is 2.37. The highest BCUT2D eigenvalue weighted by atomic mass is 16.6. The van der Waals surface area contributed by atoms with Crippen LogP contribution < -0.4 is 0 Å². The summed E-state index contributed by atoms with van der Waals surface area (Å²) in [5, 5.41) is 0. The SMILES string of the molecule is CCOC(=O)N1[C@@H]2[C@H]3[C@H]4\C=C/C=C\C=C/[C@H]4[C@H]3[C@@H]21. The molecule has 0 N–H and O–H groups in total. The first kappa shape index (κ1) is 10.4. The van der Waals surface area contributed by atoms with Crippen molar-refractivity contribution in [2.75, 3.05) is 6.61 Å². The Hall–Kier alpha value is -1.51. The van der Waals surface area contributed by atoms with Crippen LogP contribution in [-0.2, 0) is 4.74 Å². The van der Waals surface area contributed by atoms with Gasteiger partial charge in [0.2, 0.25) is 0 Å². The first-order chi connectivity index (χ1) is 8.84. The highest BCUT2D eigenvalue weighted by Crippen LogP contribution is 2.70. The van der Waals surface area contributed by atoms with Crippen LogP contribution in [0.2, 0.25) is 0 Å². The number of carbonyl (C=O) groups is 1. The van der Waals surface area contributed by atoms with E-state index in [-0.39, 0.29) is 6.09 Å². The van der Waals surface area contributed by atoms with E-state index in [9.17, 15) is 4.79 Å². The molecule has 0 spiro atoms. The van der Waals surface area contributed by atoms with Gasteiger partial charge in [0, 0.05) is 0 Å². The second-order valence-electron chi connectivity index (χ2n) is 5.55. The first-order valence-corrected chi connectivity index (χ1v) is 6.81. The Kier molecular flexibility index (Phi) is 2.02. The summed E-state index contributed by atoms with van der Waals surface area (Å²) in [6.45, 7) is 2.34. The van der Waals surface area contributed by atoms with E-state index in [4.69, 9.17) is 4.74 Å². The third kappa shape index (κ3) is 1.12. The third-order valence-electron chi connectivity index (χ3n) is 4.95. The fraction of sp³-hybridized carbons (Fsp3) is 0.533. The maximum atomic E-state index is 11.8. The van der Waals surface area contributed by atoms with E-state index in [0.717, 1.165) is 0 Å². The molecule has 1 heterocycles. The van der Waals surface area contributed by atoms with Crippen LogP contribution in [0.1, 0.15) is 6.92 Å². The standard InChI is InChI=1S/C15H17NO2/c1-2-18-15(17)16-13-11-9-7-5-3-4-6-8-10(9)12(11)14(13)16/h3-14H,2H2,1H3/b4-3-,7-5-,8-6-/t9-,10+,11-,12+,13+,14-,16?. The summed E-state index contributed by atoms with van der Waals surface area (Å²) in [6.07, 6.45) is 12.9. The number of nitrogens with zero attached hydrogens (tertiary/aromatic N) is 1. The zero-order chi connectivity index (χ0) is 12.3. The molecule has 0 aromatic rings. The van der Waals surface area contributed by atoms with Crippen molar-refractivity contribution in [2.24, 2.45) is 23.7 Å². The van der Waals surface area contributed by atoms with Gasteiger partial charge >= 0.3 is 6.09 Å². The van der Waals surface area contributed by atoms with Crippen LogP contribution in [0.5, 0.6) is 0 Å². The van der Waals surface area contributed by atoms with E-state index >= 15 is 0 Å². The maximum absolute atomic E-state index is 11.8. The van der Waals surface area contributed by atoms with E-state index in [2.05, 4.69) is 36.5 Å². The van der Waals surface area contributed by atoms with Gasteiger partial charge < -0.3 is 4.74 Å². The van der Waals surface area contributed by atoms with E-state index in [1.165, 1.54) is 0 Å². The Labute approximate surface area is 107 Å². The molecular formula is C15H17NO2. The molecule has 0 unspecified atom stereocenters. The summed E-state index contributed by atoms with van der Waals surface area (Å²) >= 11 is 0. The summed E-state index contributed by atoms with van der Waals surface area (Å²) in [7, 11) is 0. The normalized spacial score (nSPS) is 51.1. The van der Waals surface area contributed by atoms with Gasteiger partial charge in [-0.2, -0.15) is 0 Å². The topological polar surface area (TPSA) is 29.3 Å². The molecule has 4 rings (SSSR count). The van der Waals surface area contributed by atoms with Crippen LogP contribution in [-0.4, -0.2) is 29.7 Å². The van der Waals surface area contributed by atoms with Crippen molar-refractivity contribution in [3.8, 4) is 0 Å². The van der Waals surface area contributed by atoms with Crippen molar-refractivity contribution in [2.45, 2.75) is 19.0 Å². The molecule has 1 saturated heterocycles. The highest BCUT2D eigenvalue weighted by molar-refractivity contribution is 5.74. The number of amides is 1. The van der Waals surface area contributed by atoms with Gasteiger partial charge in [0.05, 0.1) is 18.7 Å². The van der Waals surface area contributed by atoms with E-state index in [1.807, 2.05) is 11.8 Å². The van der Waals surface area contributed by atoms with Crippen LogP contribution in [0.4, 0.5) is 4.79 Å². The summed E-state index contributed by atoms with van der Waals surface area (Å²) in [6, 6.07) is 0.938. The van der Waals surface area contributed by atoms with E-state index in [0.29, 0.717) is 42.4 Å². The van der Waals surface area contributed by atoms with Crippen molar-refractivity contribution in [1.29, 1.82) is 0 Å². The lowest BCUT2D eigenvalue weighted by molar-refractivity contribution is -0.0104. The van der Waals surface area contributed by atoms with Crippen molar-refractivity contribution in [3.63, 3.8) is 0 Å². The zero-order valence-electron chi connectivity index (χ0n) is 10.4. The highest BCUT2D eigenvalue weighted by Gasteiger charge is 2.78. The minimum atomic E-state index is -0.111. The van der Waals surface area contributed by atoms with Gasteiger partial charge in [-0.1, -0.05) is 36.5 Å². The number of hydrogen-bond donors (Lipinski definition) is 0. The number of likely N-dealkylation sites (tertiary alicyclic amines) is 1. The van der Waals surface area contributed by atoms with Gasteiger partial charge in [-0.3, -0.25) is 4.90 Å². The van der Waals surface area contributed by atoms with Gasteiger partial charge in [0.15, 0.2) is 0 Å². The lowest BCUT2D eigenvalue weighted by atomic mass is 9.47. The lowest BCUT2D eigenvalue weighted by Crippen LogP contribution is -2.58. The fourth-order valence-corrected chi connectivity index (χ4v) is 4.21. The summed E-state index contributed by atoms with van der Waals surface area (Å²) < 4.78 is 5.11. The van der Waals surface area contributed by atoms with Crippen LogP contribution in [0.25, 0.3) is 0 Å². The van der Waals surface area contributed by atoms with E-state index < -0.39 is 0 Å². The second kappa shape index (κ2) is 3.50. The Balaban J connectivity index is 1.52. The molecule has 0 aromatic carbocycles. The number of hydrogen-bond acceptors (Lipinski definition) is 2. The second-order valence-corrected chi connectivity index (χ2v) is 5.55. The summed E-state index contributed by atoms with van der Waals surface area (Å²) in [5.74, 6) is 2.60. The average Bonchev–Trinajstić information content (AvgIpc) is 2.94. The molecule has 3 aliphatic carbocycles. The number of carbonyl (C=O) groups excluding carboxylic acids is 1. The molecular weight excluding hydrogens is 226 g/mol. The van der Waals surface area contributed by atoms with Gasteiger partial charge in [-0.15, -0.1) is 0 Å². The van der Waals surface area contributed by atoms with Crippen LogP contribution in [0.15, 0.2) is 36.5 Å². The lowest BCUT2D eigenvalue weighted by Gasteiger charge is -2.55. The van der Waals surface area contributed by atoms with Gasteiger partial charge in [0.1, 0.15) is 0 Å². The Bertz CT molecular complexity index is 445. The van der Waals surface area contributed by atoms with Crippen LogP contribution in [0, 0.1) is 23.7 Å². The monoisotopic (exact) mass is 243 g/mol. The Morgan fingerprint density at radius 1 is 1.06 bits per heavy atom. The molecule has 94 valence electrons. The molecule has 3 fully saturated rings. The fourth-order valence-electron chi connectivity index (χ4n) is 4.21. The van der Waals surface area contributed by atoms with Crippen molar-refractivity contribution >= 4 is 6.09 Å². The zero-order valence-corrected chi connectivity index (χ0v) is 10.4. The molecule has 1 amide bonds. The van der Waals surface area contributed by atoms with Crippen molar-refractivity contribution < 1.29 is 9.53 Å². The van der Waals surface area contributed by atoms with Crippen LogP contribution >= 0.6 is 0 Å². The van der Waals surface area contributed by atoms with Gasteiger partial charge in [-0.05, 0) is 30.6 Å². The molecule has 0 radical (unpaired) electrons. The molecule has 0 aromatic heterocycles. The molecule has 0 bridgehead atoms. The number of fused-ring (bicyclic) bond motifs is 7. The van der Waals surface area contributed by atoms with Gasteiger partial charge in [0.25, 0.3) is 0 Å². The smallest absolute Gasteiger partial charge is 0.410 e. The number of rotatable bonds is 1. The van der Waals surface area contributed by atoms with Crippen molar-refractivity contribution in [1.82, 2.24) is 4.90 Å². The molecule has 1 aliphatic heterocycles. The molecule has 4 aliphatic rings. The summed E-state index contributed by atoms with van der Waals surface area (Å²) in [5.41, 5.74) is 0. The predicted molar refractivity (Wildman–Crippen MR) is 67.8 cm³/mol. The largest absolute Gasteiger partial charge is 0.450 e.